The Kier molecular flexibility index (Phi) is 20.9. The van der Waals surface area contributed by atoms with Gasteiger partial charge < -0.3 is 47.1 Å². The van der Waals surface area contributed by atoms with E-state index >= 15 is 0 Å². The first-order valence-corrected chi connectivity index (χ1v) is 18.9. The predicted molar refractivity (Wildman–Crippen MR) is 208 cm³/mol. The number of benzene rings is 1. The number of carbonyl (C=O) groups excluding carboxylic acids is 7. The lowest BCUT2D eigenvalue weighted by molar-refractivity contribution is -0.159. The lowest BCUT2D eigenvalue weighted by atomic mass is 9.83. The second kappa shape index (κ2) is 24.1. The van der Waals surface area contributed by atoms with Gasteiger partial charge >= 0.3 is 17.9 Å². The molecule has 322 valence electrons. The molecule has 0 radical (unpaired) electrons. The van der Waals surface area contributed by atoms with E-state index in [2.05, 4.69) is 21.3 Å². The molecule has 19 nitrogen and oxygen atoms in total. The molecule has 0 aromatic heterocycles. The van der Waals surface area contributed by atoms with Crippen LogP contribution in [0.1, 0.15) is 97.1 Å². The Balaban J connectivity index is 3.89. The van der Waals surface area contributed by atoms with Crippen LogP contribution in [-0.4, -0.2) is 117 Å². The van der Waals surface area contributed by atoms with Crippen molar-refractivity contribution in [2.45, 2.75) is 130 Å². The number of amides is 6. The van der Waals surface area contributed by atoms with Crippen LogP contribution < -0.4 is 27.0 Å². The first kappa shape index (κ1) is 50.3. The number of carboxylic acids is 3. The van der Waals surface area contributed by atoms with Crippen LogP contribution in [-0.2, 0) is 54.4 Å². The predicted octanol–water partition coefficient (Wildman–Crippen LogP) is 0.435. The maximum absolute atomic E-state index is 14.9. The molecule has 1 aromatic carbocycles. The number of nitrogens with zero attached hydrogens (tertiary/aromatic N) is 1. The number of nitrogens with two attached hydrogens (primary N) is 1. The summed E-state index contributed by atoms with van der Waals surface area (Å²) in [5.74, 6) is -10.3. The van der Waals surface area contributed by atoms with Crippen LogP contribution >= 0.6 is 0 Å². The standard InChI is InChI=1S/C39H58N6O13/c1-22(2)19-27(35(55)41-17-9-10-18-46)43-37(57)33(39(4,5)6)45(29(47)14-16-31(50)51)38(58)28(20-24-12-8-7-11-23(24)3)44-36(56)26(13-15-30(48)49)42-34(54)25(40)21-32(52)53/h7-8,11-12,18,22,25-28,33H,9-10,13-17,19-21,40H2,1-6H3,(H,41,55)(H,42,54)(H,43,57)(H,44,56)(H,48,49)(H,50,51)(H,52,53)/t25-,26-,27-,28-,33+/m0/s1. The molecular weight excluding hydrogens is 760 g/mol. The van der Waals surface area contributed by atoms with Gasteiger partial charge in [-0.15, -0.1) is 0 Å². The Hall–Kier alpha value is -5.72. The van der Waals surface area contributed by atoms with E-state index < -0.39 is 121 Å². The van der Waals surface area contributed by atoms with E-state index in [1.807, 2.05) is 0 Å². The summed E-state index contributed by atoms with van der Waals surface area (Å²) in [5.41, 5.74) is 5.54. The summed E-state index contributed by atoms with van der Waals surface area (Å²) in [5, 5.41) is 37.9. The fourth-order valence-electron chi connectivity index (χ4n) is 5.90. The van der Waals surface area contributed by atoms with E-state index in [9.17, 15) is 58.2 Å². The molecule has 0 aliphatic rings. The number of rotatable bonds is 25. The van der Waals surface area contributed by atoms with Crippen LogP contribution in [0.15, 0.2) is 24.3 Å². The molecule has 0 saturated heterocycles. The average molecular weight is 819 g/mol. The molecule has 0 bridgehead atoms. The van der Waals surface area contributed by atoms with Gasteiger partial charge in [0.05, 0.1) is 18.9 Å². The van der Waals surface area contributed by atoms with Crippen LogP contribution in [0.2, 0.25) is 0 Å². The van der Waals surface area contributed by atoms with Gasteiger partial charge in [0.15, 0.2) is 0 Å². The molecular formula is C39H58N6O13. The number of aryl methyl sites for hydroxylation is 1. The minimum Gasteiger partial charge on any atom is -0.481 e. The molecule has 0 saturated carbocycles. The third-order valence-electron chi connectivity index (χ3n) is 8.83. The molecule has 5 atom stereocenters. The Morgan fingerprint density at radius 3 is 1.90 bits per heavy atom. The maximum atomic E-state index is 14.9. The summed E-state index contributed by atoms with van der Waals surface area (Å²) in [6, 6.07) is -1.18. The number of unbranched alkanes of at least 4 members (excludes halogenated alkanes) is 1. The lowest BCUT2D eigenvalue weighted by Crippen LogP contribution is -2.64. The van der Waals surface area contributed by atoms with Gasteiger partial charge in [-0.25, -0.2) is 0 Å². The molecule has 0 spiro atoms. The largest absolute Gasteiger partial charge is 0.481 e. The van der Waals surface area contributed by atoms with Crippen molar-refractivity contribution in [3.8, 4) is 0 Å². The van der Waals surface area contributed by atoms with E-state index in [1.54, 1.807) is 45.0 Å². The van der Waals surface area contributed by atoms with E-state index in [1.165, 1.54) is 20.8 Å². The van der Waals surface area contributed by atoms with Crippen molar-refractivity contribution in [3.63, 3.8) is 0 Å². The molecule has 0 heterocycles. The average Bonchev–Trinajstić information content (AvgIpc) is 3.11. The zero-order chi connectivity index (χ0) is 44.3. The third-order valence-corrected chi connectivity index (χ3v) is 8.83. The maximum Gasteiger partial charge on any atom is 0.305 e. The Labute approximate surface area is 337 Å². The van der Waals surface area contributed by atoms with Gasteiger partial charge in [-0.1, -0.05) is 58.9 Å². The molecule has 0 unspecified atom stereocenters. The van der Waals surface area contributed by atoms with Gasteiger partial charge in [0.25, 0.3) is 5.91 Å². The number of aliphatic carboxylic acids is 3. The fraction of sp³-hybridized carbons (Fsp3) is 0.590. The van der Waals surface area contributed by atoms with Crippen molar-refractivity contribution in [1.29, 1.82) is 0 Å². The van der Waals surface area contributed by atoms with Gasteiger partial charge in [0, 0.05) is 32.2 Å². The SMILES string of the molecule is Cc1ccccc1C[C@H](NC(=O)[C@H](CCC(=O)O)NC(=O)[C@@H](N)CC(=O)O)C(=O)N(C(=O)CCC(=O)O)[C@H](C(=O)N[C@@H](CC(C)C)C(=O)NCCCC=O)C(C)(C)C. The fourth-order valence-corrected chi connectivity index (χ4v) is 5.90. The lowest BCUT2D eigenvalue weighted by Gasteiger charge is -2.40. The molecule has 0 fully saturated rings. The summed E-state index contributed by atoms with van der Waals surface area (Å²) >= 11 is 0. The number of hydrogen-bond donors (Lipinski definition) is 8. The smallest absolute Gasteiger partial charge is 0.305 e. The van der Waals surface area contributed by atoms with E-state index in [0.29, 0.717) is 28.7 Å². The number of nitrogens with one attached hydrogen (secondary N) is 4. The highest BCUT2D eigenvalue weighted by atomic mass is 16.4. The first-order chi connectivity index (χ1) is 27.0. The summed E-state index contributed by atoms with van der Waals surface area (Å²) in [7, 11) is 0. The Bertz CT molecular complexity index is 1660. The van der Waals surface area contributed by atoms with Crippen LogP contribution in [0.25, 0.3) is 0 Å². The minimum absolute atomic E-state index is 0.128. The molecule has 19 heteroatoms. The summed E-state index contributed by atoms with van der Waals surface area (Å²) < 4.78 is 0. The third kappa shape index (κ3) is 17.6. The van der Waals surface area contributed by atoms with E-state index in [0.717, 1.165) is 0 Å². The molecule has 9 N–H and O–H groups in total. The van der Waals surface area contributed by atoms with Crippen LogP contribution in [0.4, 0.5) is 0 Å². The van der Waals surface area contributed by atoms with Gasteiger partial charge in [0.1, 0.15) is 30.5 Å². The molecule has 1 aromatic rings. The highest BCUT2D eigenvalue weighted by molar-refractivity contribution is 6.05. The van der Waals surface area contributed by atoms with Crippen LogP contribution in [0, 0.1) is 18.3 Å². The normalized spacial score (nSPS) is 13.8. The number of hydrogen-bond acceptors (Lipinski definition) is 11. The van der Waals surface area contributed by atoms with Crippen LogP contribution in [0.3, 0.4) is 0 Å². The van der Waals surface area contributed by atoms with Crippen molar-refractivity contribution >= 4 is 59.6 Å². The molecule has 0 aliphatic carbocycles. The quantitative estimate of drug-likeness (QED) is 0.0491. The topological polar surface area (TPSA) is 309 Å². The minimum atomic E-state index is -1.70. The molecule has 6 amide bonds. The molecule has 1 rings (SSSR count). The zero-order valence-corrected chi connectivity index (χ0v) is 33.9. The zero-order valence-electron chi connectivity index (χ0n) is 33.9. The van der Waals surface area contributed by atoms with Crippen LogP contribution in [0.5, 0.6) is 0 Å². The summed E-state index contributed by atoms with van der Waals surface area (Å²) in [6.45, 7) is 10.0. The van der Waals surface area contributed by atoms with Crippen molar-refractivity contribution in [2.24, 2.45) is 17.1 Å². The van der Waals surface area contributed by atoms with Crippen molar-refractivity contribution < 1.29 is 63.3 Å². The number of aldehydes is 1. The highest BCUT2D eigenvalue weighted by Crippen LogP contribution is 2.28. The van der Waals surface area contributed by atoms with Gasteiger partial charge in [0.2, 0.25) is 29.5 Å². The Morgan fingerprint density at radius 1 is 0.776 bits per heavy atom. The molecule has 0 aliphatic heterocycles. The number of imide groups is 1. The van der Waals surface area contributed by atoms with E-state index in [4.69, 9.17) is 10.8 Å². The second-order valence-corrected chi connectivity index (χ2v) is 15.4. The van der Waals surface area contributed by atoms with Crippen molar-refractivity contribution in [1.82, 2.24) is 26.2 Å². The number of carboxylic acid groups (broad SMARTS) is 3. The molecule has 58 heavy (non-hydrogen) atoms. The summed E-state index contributed by atoms with van der Waals surface area (Å²) in [4.78, 5) is 129. The highest BCUT2D eigenvalue weighted by Gasteiger charge is 2.46. The first-order valence-electron chi connectivity index (χ1n) is 18.9. The van der Waals surface area contributed by atoms with Crippen molar-refractivity contribution in [2.75, 3.05) is 6.54 Å². The second-order valence-electron chi connectivity index (χ2n) is 15.4. The van der Waals surface area contributed by atoms with Gasteiger partial charge in [-0.05, 0) is 48.6 Å². The van der Waals surface area contributed by atoms with E-state index in [-0.39, 0.29) is 31.7 Å². The monoisotopic (exact) mass is 818 g/mol. The Morgan fingerprint density at radius 2 is 1.36 bits per heavy atom. The van der Waals surface area contributed by atoms with Gasteiger partial charge in [-0.3, -0.25) is 48.1 Å². The summed E-state index contributed by atoms with van der Waals surface area (Å²) in [6.07, 6.45) is -2.45. The van der Waals surface area contributed by atoms with Crippen molar-refractivity contribution in [3.05, 3.63) is 35.4 Å². The number of carbonyl (C=O) groups is 10. The van der Waals surface area contributed by atoms with Gasteiger partial charge in [-0.2, -0.15) is 0 Å².